The monoisotopic (exact) mass is 209 g/mol. The zero-order chi connectivity index (χ0) is 11.0. The molecule has 0 heterocycles. The van der Waals surface area contributed by atoms with E-state index in [1.807, 2.05) is 13.8 Å². The molecule has 2 aliphatic rings. The van der Waals surface area contributed by atoms with Crippen molar-refractivity contribution in [3.05, 3.63) is 12.2 Å². The summed E-state index contributed by atoms with van der Waals surface area (Å²) in [5.74, 6) is 0.789. The third kappa shape index (κ3) is 1.93. The van der Waals surface area contributed by atoms with Crippen molar-refractivity contribution in [2.75, 3.05) is 0 Å². The molecule has 0 aromatic carbocycles. The zero-order valence-electron chi connectivity index (χ0n) is 9.31. The molecule has 1 fully saturated rings. The van der Waals surface area contributed by atoms with E-state index in [0.717, 1.165) is 12.3 Å². The fraction of sp³-hybridized carbons (Fsp3) is 0.750. The SMILES string of the molecule is CC(C)C(NC1CC2CC=CC21)C(=O)O. The lowest BCUT2D eigenvalue weighted by molar-refractivity contribution is -0.141. The molecule has 2 rings (SSSR count). The molecule has 0 aliphatic heterocycles. The van der Waals surface area contributed by atoms with Gasteiger partial charge in [-0.25, -0.2) is 0 Å². The average molecular weight is 209 g/mol. The zero-order valence-corrected chi connectivity index (χ0v) is 9.31. The van der Waals surface area contributed by atoms with Crippen molar-refractivity contribution in [3.8, 4) is 0 Å². The molecular formula is C12H19NO2. The highest BCUT2D eigenvalue weighted by atomic mass is 16.4. The number of fused-ring (bicyclic) bond motifs is 1. The van der Waals surface area contributed by atoms with Crippen LogP contribution in [0.3, 0.4) is 0 Å². The molecule has 0 bridgehead atoms. The molecule has 0 amide bonds. The van der Waals surface area contributed by atoms with Gasteiger partial charge in [-0.15, -0.1) is 0 Å². The minimum absolute atomic E-state index is 0.145. The summed E-state index contributed by atoms with van der Waals surface area (Å²) in [7, 11) is 0. The lowest BCUT2D eigenvalue weighted by atomic mass is 9.71. The van der Waals surface area contributed by atoms with Crippen LogP contribution in [-0.2, 0) is 4.79 Å². The first kappa shape index (κ1) is 10.7. The highest BCUT2D eigenvalue weighted by Crippen LogP contribution is 2.42. The van der Waals surface area contributed by atoms with Gasteiger partial charge in [0, 0.05) is 6.04 Å². The minimum atomic E-state index is -0.726. The number of nitrogens with one attached hydrogen (secondary N) is 1. The standard InChI is InChI=1S/C12H19NO2/c1-7(2)11(12(14)15)13-10-6-8-4-3-5-9(8)10/h3,5,7-11,13H,4,6H2,1-2H3,(H,14,15). The van der Waals surface area contributed by atoms with E-state index in [-0.39, 0.29) is 5.92 Å². The molecule has 0 radical (unpaired) electrons. The number of hydrogen-bond acceptors (Lipinski definition) is 2. The van der Waals surface area contributed by atoms with Crippen LogP contribution < -0.4 is 5.32 Å². The molecule has 84 valence electrons. The first-order valence-corrected chi connectivity index (χ1v) is 5.75. The molecule has 4 atom stereocenters. The Morgan fingerprint density at radius 1 is 1.53 bits per heavy atom. The summed E-state index contributed by atoms with van der Waals surface area (Å²) in [4.78, 5) is 11.0. The van der Waals surface area contributed by atoms with Crippen LogP contribution in [0.1, 0.15) is 26.7 Å². The van der Waals surface area contributed by atoms with Crippen LogP contribution in [-0.4, -0.2) is 23.2 Å². The number of carbonyl (C=O) groups is 1. The molecule has 4 unspecified atom stereocenters. The second-order valence-electron chi connectivity index (χ2n) is 5.07. The number of aliphatic carboxylic acids is 1. The topological polar surface area (TPSA) is 49.3 Å². The molecule has 2 N–H and O–H groups in total. The summed E-state index contributed by atoms with van der Waals surface area (Å²) in [5.41, 5.74) is 0. The van der Waals surface area contributed by atoms with Gasteiger partial charge in [-0.3, -0.25) is 4.79 Å². The van der Waals surface area contributed by atoms with E-state index in [1.54, 1.807) is 0 Å². The van der Waals surface area contributed by atoms with E-state index in [4.69, 9.17) is 5.11 Å². The number of rotatable bonds is 4. The third-order valence-corrected chi connectivity index (χ3v) is 3.69. The summed E-state index contributed by atoms with van der Waals surface area (Å²) in [5, 5.41) is 12.3. The van der Waals surface area contributed by atoms with Gasteiger partial charge in [-0.2, -0.15) is 0 Å². The van der Waals surface area contributed by atoms with E-state index in [1.165, 1.54) is 6.42 Å². The normalized spacial score (nSPS) is 35.0. The quantitative estimate of drug-likeness (QED) is 0.692. The van der Waals surface area contributed by atoms with Crippen LogP contribution >= 0.6 is 0 Å². The van der Waals surface area contributed by atoms with E-state index in [9.17, 15) is 4.79 Å². The maximum absolute atomic E-state index is 11.0. The fourth-order valence-electron chi connectivity index (χ4n) is 2.69. The Hall–Kier alpha value is -0.830. The van der Waals surface area contributed by atoms with Gasteiger partial charge >= 0.3 is 5.97 Å². The van der Waals surface area contributed by atoms with Crippen LogP contribution in [0.5, 0.6) is 0 Å². The van der Waals surface area contributed by atoms with E-state index >= 15 is 0 Å². The first-order chi connectivity index (χ1) is 7.09. The maximum atomic E-state index is 11.0. The Bertz CT molecular complexity index is 285. The van der Waals surface area contributed by atoms with Gasteiger partial charge in [-0.05, 0) is 30.6 Å². The summed E-state index contributed by atoms with van der Waals surface area (Å²) in [6.07, 6.45) is 6.78. The summed E-state index contributed by atoms with van der Waals surface area (Å²) in [6, 6.07) is -0.0119. The van der Waals surface area contributed by atoms with Crippen molar-refractivity contribution in [3.63, 3.8) is 0 Å². The van der Waals surface area contributed by atoms with Crippen molar-refractivity contribution < 1.29 is 9.90 Å². The van der Waals surface area contributed by atoms with Crippen LogP contribution in [0.2, 0.25) is 0 Å². The van der Waals surface area contributed by atoms with Gasteiger partial charge in [0.15, 0.2) is 0 Å². The first-order valence-electron chi connectivity index (χ1n) is 5.75. The highest BCUT2D eigenvalue weighted by Gasteiger charge is 2.42. The van der Waals surface area contributed by atoms with Gasteiger partial charge in [0.1, 0.15) is 6.04 Å². The number of carboxylic acid groups (broad SMARTS) is 1. The van der Waals surface area contributed by atoms with Gasteiger partial charge in [-0.1, -0.05) is 26.0 Å². The smallest absolute Gasteiger partial charge is 0.320 e. The summed E-state index contributed by atoms with van der Waals surface area (Å²) in [6.45, 7) is 3.90. The lowest BCUT2D eigenvalue weighted by Gasteiger charge is -2.42. The fourth-order valence-corrected chi connectivity index (χ4v) is 2.69. The predicted molar refractivity (Wildman–Crippen MR) is 58.5 cm³/mol. The molecule has 2 aliphatic carbocycles. The third-order valence-electron chi connectivity index (χ3n) is 3.69. The molecule has 0 aromatic rings. The Labute approximate surface area is 90.6 Å². The lowest BCUT2D eigenvalue weighted by Crippen LogP contribution is -2.55. The van der Waals surface area contributed by atoms with Crippen LogP contribution in [0.15, 0.2) is 12.2 Å². The van der Waals surface area contributed by atoms with E-state index < -0.39 is 12.0 Å². The van der Waals surface area contributed by atoms with Crippen LogP contribution in [0, 0.1) is 17.8 Å². The van der Waals surface area contributed by atoms with Crippen molar-refractivity contribution in [2.45, 2.75) is 38.8 Å². The molecule has 15 heavy (non-hydrogen) atoms. The largest absolute Gasteiger partial charge is 0.480 e. The predicted octanol–water partition coefficient (Wildman–Crippen LogP) is 1.65. The molecular weight excluding hydrogens is 190 g/mol. The summed E-state index contributed by atoms with van der Waals surface area (Å²) >= 11 is 0. The van der Waals surface area contributed by atoms with Crippen molar-refractivity contribution in [1.29, 1.82) is 0 Å². The van der Waals surface area contributed by atoms with Crippen LogP contribution in [0.4, 0.5) is 0 Å². The van der Waals surface area contributed by atoms with Crippen molar-refractivity contribution in [2.24, 2.45) is 17.8 Å². The van der Waals surface area contributed by atoms with E-state index in [0.29, 0.717) is 12.0 Å². The number of carboxylic acids is 1. The van der Waals surface area contributed by atoms with Gasteiger partial charge < -0.3 is 10.4 Å². The Morgan fingerprint density at radius 3 is 2.80 bits per heavy atom. The van der Waals surface area contributed by atoms with Crippen LogP contribution in [0.25, 0.3) is 0 Å². The second-order valence-corrected chi connectivity index (χ2v) is 5.07. The average Bonchev–Trinajstić information content (AvgIpc) is 2.46. The Kier molecular flexibility index (Phi) is 2.83. The molecule has 1 saturated carbocycles. The molecule has 0 aromatic heterocycles. The molecule has 0 spiro atoms. The van der Waals surface area contributed by atoms with E-state index in [2.05, 4.69) is 17.5 Å². The Balaban J connectivity index is 1.90. The minimum Gasteiger partial charge on any atom is -0.480 e. The van der Waals surface area contributed by atoms with Gasteiger partial charge in [0.2, 0.25) is 0 Å². The summed E-state index contributed by atoms with van der Waals surface area (Å²) < 4.78 is 0. The maximum Gasteiger partial charge on any atom is 0.320 e. The number of allylic oxidation sites excluding steroid dienone is 1. The molecule has 3 nitrogen and oxygen atoms in total. The number of hydrogen-bond donors (Lipinski definition) is 2. The molecule has 3 heteroatoms. The van der Waals surface area contributed by atoms with Gasteiger partial charge in [0.25, 0.3) is 0 Å². The Morgan fingerprint density at radius 2 is 2.27 bits per heavy atom. The highest BCUT2D eigenvalue weighted by molar-refractivity contribution is 5.73. The second kappa shape index (κ2) is 3.97. The van der Waals surface area contributed by atoms with Crippen molar-refractivity contribution in [1.82, 2.24) is 5.32 Å². The van der Waals surface area contributed by atoms with Gasteiger partial charge in [0.05, 0.1) is 0 Å². The molecule has 0 saturated heterocycles. The van der Waals surface area contributed by atoms with Crippen molar-refractivity contribution >= 4 is 5.97 Å².